The fraction of sp³-hybridized carbons (Fsp3) is 0.0638. The first-order valence-electron chi connectivity index (χ1n) is 17.0. The Hall–Kier alpha value is -6.12. The van der Waals surface area contributed by atoms with E-state index in [4.69, 9.17) is 9.97 Å². The molecule has 49 heavy (non-hydrogen) atoms. The highest BCUT2D eigenvalue weighted by Crippen LogP contribution is 2.57. The fourth-order valence-corrected chi connectivity index (χ4v) is 8.41. The molecule has 0 atom stereocenters. The zero-order valence-corrected chi connectivity index (χ0v) is 27.4. The van der Waals surface area contributed by atoms with Gasteiger partial charge in [-0.25, -0.2) is 9.97 Å². The van der Waals surface area contributed by atoms with E-state index in [0.717, 1.165) is 33.9 Å². The summed E-state index contributed by atoms with van der Waals surface area (Å²) in [5.74, 6) is 0.737. The van der Waals surface area contributed by atoms with Gasteiger partial charge in [0, 0.05) is 22.1 Å². The van der Waals surface area contributed by atoms with Crippen molar-refractivity contribution in [2.75, 3.05) is 0 Å². The number of hydrogen-bond donors (Lipinski definition) is 0. The van der Waals surface area contributed by atoms with Crippen LogP contribution in [0.15, 0.2) is 158 Å². The van der Waals surface area contributed by atoms with Crippen molar-refractivity contribution < 1.29 is 0 Å². The van der Waals surface area contributed by atoms with Crippen LogP contribution in [0.1, 0.15) is 25.0 Å². The predicted molar refractivity (Wildman–Crippen MR) is 206 cm³/mol. The van der Waals surface area contributed by atoms with E-state index in [2.05, 4.69) is 159 Å². The molecule has 2 nitrogen and oxygen atoms in total. The van der Waals surface area contributed by atoms with E-state index >= 15 is 0 Å². The molecule has 10 rings (SSSR count). The van der Waals surface area contributed by atoms with Crippen LogP contribution in [-0.4, -0.2) is 9.97 Å². The normalized spacial score (nSPS) is 13.3. The van der Waals surface area contributed by atoms with Crippen LogP contribution < -0.4 is 0 Å². The standard InChI is InChI=1S/C47H32N2/c1-47(2)39-27-31(46-48-40(29-15-5-3-6-16-29)28-41(49-46)30-17-7-4-8-18-30)25-26-38(39)43-37-24-14-13-23-36(37)42-34-21-11-9-19-32(34)33-20-10-12-22-35(33)44(42)45(43)47/h3-28H,1-2H3. The van der Waals surface area contributed by atoms with Crippen molar-refractivity contribution in [3.63, 3.8) is 0 Å². The fourth-order valence-electron chi connectivity index (χ4n) is 8.41. The van der Waals surface area contributed by atoms with Gasteiger partial charge in [0.1, 0.15) is 0 Å². The smallest absolute Gasteiger partial charge is 0.160 e. The molecule has 1 aliphatic rings. The van der Waals surface area contributed by atoms with Crippen molar-refractivity contribution in [3.05, 3.63) is 169 Å². The summed E-state index contributed by atoms with van der Waals surface area (Å²) in [5.41, 5.74) is 10.1. The third-order valence-electron chi connectivity index (χ3n) is 10.6. The van der Waals surface area contributed by atoms with Gasteiger partial charge in [0.15, 0.2) is 5.82 Å². The Labute approximate surface area is 285 Å². The van der Waals surface area contributed by atoms with E-state index in [1.54, 1.807) is 0 Å². The lowest BCUT2D eigenvalue weighted by Gasteiger charge is -2.26. The monoisotopic (exact) mass is 624 g/mol. The highest BCUT2D eigenvalue weighted by molar-refractivity contribution is 6.35. The van der Waals surface area contributed by atoms with Gasteiger partial charge in [-0.2, -0.15) is 0 Å². The van der Waals surface area contributed by atoms with Crippen molar-refractivity contribution >= 4 is 43.1 Å². The second-order valence-electron chi connectivity index (χ2n) is 13.7. The summed E-state index contributed by atoms with van der Waals surface area (Å²) in [5, 5.41) is 10.5. The third-order valence-corrected chi connectivity index (χ3v) is 10.6. The van der Waals surface area contributed by atoms with E-state index in [-0.39, 0.29) is 5.41 Å². The SMILES string of the molecule is CC1(C)c2cc(-c3nc(-c4ccccc4)cc(-c4ccccc4)n3)ccc2-c2c1c1c3ccccc3c3ccccc3c1c1ccccc21. The van der Waals surface area contributed by atoms with E-state index in [1.807, 2.05) is 12.1 Å². The molecule has 9 aromatic rings. The molecule has 0 spiro atoms. The minimum Gasteiger partial charge on any atom is -0.228 e. The molecule has 0 amide bonds. The first kappa shape index (κ1) is 27.9. The van der Waals surface area contributed by atoms with Crippen molar-refractivity contribution in [1.29, 1.82) is 0 Å². The molecule has 1 aromatic heterocycles. The molecule has 8 aromatic carbocycles. The molecule has 0 saturated carbocycles. The highest BCUT2D eigenvalue weighted by Gasteiger charge is 2.39. The number of benzene rings is 8. The van der Waals surface area contributed by atoms with Gasteiger partial charge in [-0.05, 0) is 77.5 Å². The second kappa shape index (κ2) is 10.4. The molecule has 0 N–H and O–H groups in total. The van der Waals surface area contributed by atoms with Crippen LogP contribution >= 0.6 is 0 Å². The van der Waals surface area contributed by atoms with Crippen LogP contribution in [0, 0.1) is 0 Å². The van der Waals surface area contributed by atoms with Crippen LogP contribution in [0.25, 0.3) is 88.1 Å². The quantitative estimate of drug-likeness (QED) is 0.183. The molecule has 1 heterocycles. The second-order valence-corrected chi connectivity index (χ2v) is 13.7. The van der Waals surface area contributed by atoms with Gasteiger partial charge in [0.25, 0.3) is 0 Å². The Bertz CT molecular complexity index is 2720. The minimum atomic E-state index is -0.270. The van der Waals surface area contributed by atoms with Gasteiger partial charge in [-0.15, -0.1) is 0 Å². The molecular formula is C47H32N2. The molecular weight excluding hydrogens is 593 g/mol. The average Bonchev–Trinajstić information content (AvgIpc) is 3.41. The zero-order chi connectivity index (χ0) is 32.7. The Morgan fingerprint density at radius 3 is 1.45 bits per heavy atom. The van der Waals surface area contributed by atoms with Crippen LogP contribution in [0.2, 0.25) is 0 Å². The molecule has 230 valence electrons. The van der Waals surface area contributed by atoms with Gasteiger partial charge in [0.05, 0.1) is 11.4 Å². The number of aromatic nitrogens is 2. The predicted octanol–water partition coefficient (Wildman–Crippen LogP) is 12.4. The summed E-state index contributed by atoms with van der Waals surface area (Å²) in [6.07, 6.45) is 0. The summed E-state index contributed by atoms with van der Waals surface area (Å²) in [6.45, 7) is 4.80. The molecule has 0 radical (unpaired) electrons. The zero-order valence-electron chi connectivity index (χ0n) is 27.4. The van der Waals surface area contributed by atoms with E-state index in [0.29, 0.717) is 0 Å². The first-order chi connectivity index (χ1) is 24.1. The van der Waals surface area contributed by atoms with Crippen molar-refractivity contribution in [1.82, 2.24) is 9.97 Å². The maximum atomic E-state index is 5.19. The van der Waals surface area contributed by atoms with Gasteiger partial charge < -0.3 is 0 Å². The highest BCUT2D eigenvalue weighted by atomic mass is 14.9. The summed E-state index contributed by atoms with van der Waals surface area (Å²) in [4.78, 5) is 10.4. The Kier molecular flexibility index (Phi) is 5.95. The Balaban J connectivity index is 1.27. The van der Waals surface area contributed by atoms with Crippen LogP contribution in [0.5, 0.6) is 0 Å². The van der Waals surface area contributed by atoms with Crippen LogP contribution in [0.4, 0.5) is 0 Å². The molecule has 0 fully saturated rings. The van der Waals surface area contributed by atoms with Crippen molar-refractivity contribution in [3.8, 4) is 45.0 Å². The van der Waals surface area contributed by atoms with Crippen LogP contribution in [-0.2, 0) is 5.41 Å². The first-order valence-corrected chi connectivity index (χ1v) is 17.0. The molecule has 0 saturated heterocycles. The van der Waals surface area contributed by atoms with Crippen LogP contribution in [0.3, 0.4) is 0 Å². The van der Waals surface area contributed by atoms with Gasteiger partial charge in [-0.1, -0.05) is 159 Å². The minimum absolute atomic E-state index is 0.270. The van der Waals surface area contributed by atoms with Crippen molar-refractivity contribution in [2.45, 2.75) is 19.3 Å². The van der Waals surface area contributed by atoms with Gasteiger partial charge in [-0.3, -0.25) is 0 Å². The molecule has 0 bridgehead atoms. The van der Waals surface area contributed by atoms with E-state index in [9.17, 15) is 0 Å². The number of fused-ring (bicyclic) bond motifs is 13. The lowest BCUT2D eigenvalue weighted by molar-refractivity contribution is 0.667. The topological polar surface area (TPSA) is 25.8 Å². The largest absolute Gasteiger partial charge is 0.228 e. The van der Waals surface area contributed by atoms with Gasteiger partial charge >= 0.3 is 0 Å². The lowest BCUT2D eigenvalue weighted by Crippen LogP contribution is -2.16. The lowest BCUT2D eigenvalue weighted by atomic mass is 9.77. The van der Waals surface area contributed by atoms with Crippen molar-refractivity contribution in [2.24, 2.45) is 0 Å². The van der Waals surface area contributed by atoms with E-state index in [1.165, 1.54) is 65.3 Å². The molecule has 1 aliphatic carbocycles. The summed E-state index contributed by atoms with van der Waals surface area (Å²) < 4.78 is 0. The van der Waals surface area contributed by atoms with E-state index < -0.39 is 0 Å². The number of hydrogen-bond acceptors (Lipinski definition) is 2. The summed E-state index contributed by atoms with van der Waals surface area (Å²) >= 11 is 0. The molecule has 0 unspecified atom stereocenters. The number of nitrogens with zero attached hydrogens (tertiary/aromatic N) is 2. The maximum absolute atomic E-state index is 5.19. The summed E-state index contributed by atoms with van der Waals surface area (Å²) in [6, 6.07) is 56.7. The molecule has 2 heteroatoms. The Morgan fingerprint density at radius 2 is 0.878 bits per heavy atom. The third kappa shape index (κ3) is 4.07. The average molecular weight is 625 g/mol. The van der Waals surface area contributed by atoms with Gasteiger partial charge in [0.2, 0.25) is 0 Å². The Morgan fingerprint density at radius 1 is 0.408 bits per heavy atom. The maximum Gasteiger partial charge on any atom is 0.160 e. The summed E-state index contributed by atoms with van der Waals surface area (Å²) in [7, 11) is 0. The molecule has 0 aliphatic heterocycles. The number of rotatable bonds is 3.